The van der Waals surface area contributed by atoms with Gasteiger partial charge in [0.1, 0.15) is 6.04 Å². The minimum atomic E-state index is -1.25. The van der Waals surface area contributed by atoms with E-state index in [1.165, 1.54) is 0 Å². The Morgan fingerprint density at radius 2 is 2.12 bits per heavy atom. The fourth-order valence-corrected chi connectivity index (χ4v) is 2.52. The van der Waals surface area contributed by atoms with Gasteiger partial charge in [-0.3, -0.25) is 4.79 Å². The molecule has 1 aromatic heterocycles. The zero-order chi connectivity index (χ0) is 17.7. The van der Waals surface area contributed by atoms with Crippen LogP contribution in [0.15, 0.2) is 22.7 Å². The number of tetrazole rings is 1. The van der Waals surface area contributed by atoms with Crippen LogP contribution >= 0.6 is 15.9 Å². The van der Waals surface area contributed by atoms with E-state index in [4.69, 9.17) is 5.11 Å². The van der Waals surface area contributed by atoms with E-state index in [-0.39, 0.29) is 5.92 Å². The molecule has 0 aliphatic heterocycles. The molecule has 0 aliphatic rings. The van der Waals surface area contributed by atoms with Crippen LogP contribution < -0.4 is 10.6 Å². The number of nitrogens with one attached hydrogen (secondary N) is 3. The van der Waals surface area contributed by atoms with E-state index in [9.17, 15) is 9.59 Å². The van der Waals surface area contributed by atoms with Gasteiger partial charge in [-0.15, -0.1) is 10.2 Å². The highest BCUT2D eigenvalue weighted by Crippen LogP contribution is 2.28. The predicted octanol–water partition coefficient (Wildman–Crippen LogP) is 2.25. The SMILES string of the molecule is CC(C)CC(NC(=O)O)C(=O)Nc1ccc(Br)cc1-c1nn[nH]n1. The van der Waals surface area contributed by atoms with E-state index >= 15 is 0 Å². The van der Waals surface area contributed by atoms with Gasteiger partial charge in [-0.1, -0.05) is 29.8 Å². The molecule has 2 aromatic rings. The third-order valence-corrected chi connectivity index (χ3v) is 3.64. The first-order valence-electron chi connectivity index (χ1n) is 7.20. The number of rotatable bonds is 6. The van der Waals surface area contributed by atoms with Crippen LogP contribution in [0.25, 0.3) is 11.4 Å². The molecule has 1 heterocycles. The van der Waals surface area contributed by atoms with Gasteiger partial charge in [0.15, 0.2) is 0 Å². The monoisotopic (exact) mass is 396 g/mol. The molecule has 4 N–H and O–H groups in total. The van der Waals surface area contributed by atoms with Crippen molar-refractivity contribution in [1.82, 2.24) is 25.9 Å². The van der Waals surface area contributed by atoms with Crippen molar-refractivity contribution in [2.45, 2.75) is 26.3 Å². The maximum absolute atomic E-state index is 12.5. The third-order valence-electron chi connectivity index (χ3n) is 3.15. The molecule has 1 atom stereocenters. The summed E-state index contributed by atoms with van der Waals surface area (Å²) in [6, 6.07) is 4.31. The molecular weight excluding hydrogens is 380 g/mol. The van der Waals surface area contributed by atoms with E-state index in [0.29, 0.717) is 23.5 Å². The number of aromatic nitrogens is 4. The Hall–Kier alpha value is -2.49. The van der Waals surface area contributed by atoms with Crippen molar-refractivity contribution in [3.63, 3.8) is 0 Å². The molecule has 0 radical (unpaired) electrons. The van der Waals surface area contributed by atoms with Gasteiger partial charge in [0.25, 0.3) is 0 Å². The van der Waals surface area contributed by atoms with Crippen molar-refractivity contribution in [2.24, 2.45) is 5.92 Å². The molecule has 2 amide bonds. The maximum Gasteiger partial charge on any atom is 0.405 e. The maximum atomic E-state index is 12.5. The van der Waals surface area contributed by atoms with Crippen molar-refractivity contribution in [3.8, 4) is 11.4 Å². The Labute approximate surface area is 146 Å². The lowest BCUT2D eigenvalue weighted by atomic mass is 10.0. The van der Waals surface area contributed by atoms with Crippen molar-refractivity contribution in [1.29, 1.82) is 0 Å². The summed E-state index contributed by atoms with van der Waals surface area (Å²) in [7, 11) is 0. The Bertz CT molecular complexity index is 719. The summed E-state index contributed by atoms with van der Waals surface area (Å²) in [6.07, 6.45) is -0.864. The minimum absolute atomic E-state index is 0.147. The van der Waals surface area contributed by atoms with Gasteiger partial charge in [-0.25, -0.2) is 4.79 Å². The number of halogens is 1. The number of carbonyl (C=O) groups excluding carboxylic acids is 1. The standard InChI is InChI=1S/C14H17BrN6O3/c1-7(2)5-11(17-14(23)24)13(22)16-10-4-3-8(15)6-9(10)12-18-20-21-19-12/h3-4,6-7,11,17H,5H2,1-2H3,(H,16,22)(H,23,24)(H,18,19,20,21). The van der Waals surface area contributed by atoms with Crippen LogP contribution in [0.2, 0.25) is 0 Å². The smallest absolute Gasteiger partial charge is 0.405 e. The predicted molar refractivity (Wildman–Crippen MR) is 90.3 cm³/mol. The number of H-pyrrole nitrogens is 1. The summed E-state index contributed by atoms with van der Waals surface area (Å²) in [5.74, 6) is 0.0190. The fraction of sp³-hybridized carbons (Fsp3) is 0.357. The van der Waals surface area contributed by atoms with Gasteiger partial charge >= 0.3 is 6.09 Å². The Balaban J connectivity index is 2.25. The Morgan fingerprint density at radius 3 is 2.71 bits per heavy atom. The highest BCUT2D eigenvalue weighted by Gasteiger charge is 2.23. The molecule has 0 spiro atoms. The summed E-state index contributed by atoms with van der Waals surface area (Å²) < 4.78 is 0.780. The summed E-state index contributed by atoms with van der Waals surface area (Å²) in [5.41, 5.74) is 1.02. The van der Waals surface area contributed by atoms with Crippen LogP contribution in [0.5, 0.6) is 0 Å². The first-order chi connectivity index (χ1) is 11.4. The van der Waals surface area contributed by atoms with E-state index in [1.807, 2.05) is 13.8 Å². The van der Waals surface area contributed by atoms with Crippen LogP contribution in [0.3, 0.4) is 0 Å². The van der Waals surface area contributed by atoms with Gasteiger partial charge in [0.2, 0.25) is 11.7 Å². The first-order valence-corrected chi connectivity index (χ1v) is 7.99. The van der Waals surface area contributed by atoms with Crippen LogP contribution in [0.1, 0.15) is 20.3 Å². The molecule has 0 aliphatic carbocycles. The molecule has 24 heavy (non-hydrogen) atoms. The molecule has 0 saturated carbocycles. The van der Waals surface area contributed by atoms with Gasteiger partial charge in [-0.2, -0.15) is 5.21 Å². The quantitative estimate of drug-likeness (QED) is 0.591. The second kappa shape index (κ2) is 7.86. The molecule has 2 rings (SSSR count). The molecule has 1 unspecified atom stereocenters. The molecule has 0 bridgehead atoms. The Morgan fingerprint density at radius 1 is 1.38 bits per heavy atom. The number of carbonyl (C=O) groups is 2. The second-order valence-electron chi connectivity index (χ2n) is 5.55. The lowest BCUT2D eigenvalue weighted by Crippen LogP contribution is -2.44. The molecule has 128 valence electrons. The molecular formula is C14H17BrN6O3. The van der Waals surface area contributed by atoms with Crippen LogP contribution in [0, 0.1) is 5.92 Å². The van der Waals surface area contributed by atoms with Crippen molar-refractivity contribution >= 4 is 33.6 Å². The molecule has 0 fully saturated rings. The average Bonchev–Trinajstić information content (AvgIpc) is 3.01. The van der Waals surface area contributed by atoms with Gasteiger partial charge in [0.05, 0.1) is 5.69 Å². The average molecular weight is 397 g/mol. The van der Waals surface area contributed by atoms with Crippen molar-refractivity contribution < 1.29 is 14.7 Å². The topological polar surface area (TPSA) is 133 Å². The summed E-state index contributed by atoms with van der Waals surface area (Å²) in [5, 5.41) is 27.6. The van der Waals surface area contributed by atoms with E-state index < -0.39 is 18.0 Å². The van der Waals surface area contributed by atoms with Crippen LogP contribution in [-0.4, -0.2) is 43.8 Å². The number of carboxylic acid groups (broad SMARTS) is 1. The van der Waals surface area contributed by atoms with E-state index in [0.717, 1.165) is 4.47 Å². The number of hydrogen-bond acceptors (Lipinski definition) is 5. The normalized spacial score (nSPS) is 12.0. The third kappa shape index (κ3) is 4.75. The number of aromatic amines is 1. The first kappa shape index (κ1) is 17.9. The van der Waals surface area contributed by atoms with Crippen molar-refractivity contribution in [3.05, 3.63) is 22.7 Å². The van der Waals surface area contributed by atoms with Gasteiger partial charge in [-0.05, 0) is 35.8 Å². The fourth-order valence-electron chi connectivity index (χ4n) is 2.16. The summed E-state index contributed by atoms with van der Waals surface area (Å²) >= 11 is 3.35. The van der Waals surface area contributed by atoms with Gasteiger partial charge in [0, 0.05) is 10.0 Å². The largest absolute Gasteiger partial charge is 0.465 e. The van der Waals surface area contributed by atoms with Crippen LogP contribution in [0.4, 0.5) is 10.5 Å². The number of anilines is 1. The highest BCUT2D eigenvalue weighted by atomic mass is 79.9. The number of amides is 2. The molecule has 9 nitrogen and oxygen atoms in total. The lowest BCUT2D eigenvalue weighted by molar-refractivity contribution is -0.118. The molecule has 1 aromatic carbocycles. The van der Waals surface area contributed by atoms with Crippen molar-refractivity contribution in [2.75, 3.05) is 5.32 Å². The van der Waals surface area contributed by atoms with Gasteiger partial charge < -0.3 is 15.7 Å². The summed E-state index contributed by atoms with van der Waals surface area (Å²) in [6.45, 7) is 3.82. The van der Waals surface area contributed by atoms with Crippen LogP contribution in [-0.2, 0) is 4.79 Å². The lowest BCUT2D eigenvalue weighted by Gasteiger charge is -2.19. The zero-order valence-electron chi connectivity index (χ0n) is 13.1. The second-order valence-corrected chi connectivity index (χ2v) is 6.46. The summed E-state index contributed by atoms with van der Waals surface area (Å²) in [4.78, 5) is 23.4. The molecule has 0 saturated heterocycles. The Kier molecular flexibility index (Phi) is 5.85. The van der Waals surface area contributed by atoms with E-state index in [2.05, 4.69) is 47.2 Å². The highest BCUT2D eigenvalue weighted by molar-refractivity contribution is 9.10. The minimum Gasteiger partial charge on any atom is -0.465 e. The number of nitrogens with zero attached hydrogens (tertiary/aromatic N) is 3. The number of hydrogen-bond donors (Lipinski definition) is 4. The molecule has 10 heteroatoms. The zero-order valence-corrected chi connectivity index (χ0v) is 14.7. The van der Waals surface area contributed by atoms with E-state index in [1.54, 1.807) is 18.2 Å². The number of benzene rings is 1.